The molecule has 0 aromatic carbocycles. The molecule has 8 atom stereocenters. The molecule has 1 amide bonds. The van der Waals surface area contributed by atoms with Gasteiger partial charge in [0.2, 0.25) is 5.91 Å². The number of hydrogen-bond donors (Lipinski definition) is 7. The first-order valence-electron chi connectivity index (χ1n) is 22.6. The SMILES string of the molecule is CCCC/C=C\CCCCCCC(O)C(=O)NC(COC1OC(CO)C(O)C(OS(=O)(=O)O)C1O)C(O)/C=C/CC/C=C/CC/C=C/CCCCCCCCCCCC. The van der Waals surface area contributed by atoms with Crippen LogP contribution in [0.4, 0.5) is 0 Å². The van der Waals surface area contributed by atoms with Crippen molar-refractivity contribution in [1.82, 2.24) is 5.32 Å². The van der Waals surface area contributed by atoms with Crippen LogP contribution in [-0.2, 0) is 28.9 Å². The first-order valence-corrected chi connectivity index (χ1v) is 24.0. The van der Waals surface area contributed by atoms with Crippen molar-refractivity contribution in [3.63, 3.8) is 0 Å². The summed E-state index contributed by atoms with van der Waals surface area (Å²) in [6, 6.07) is -1.15. The minimum atomic E-state index is -5.12. The molecule has 344 valence electrons. The summed E-state index contributed by atoms with van der Waals surface area (Å²) in [6.45, 7) is 3.12. The quantitative estimate of drug-likeness (QED) is 0.0184. The minimum absolute atomic E-state index is 0.217. The van der Waals surface area contributed by atoms with Crippen LogP contribution in [0.2, 0.25) is 0 Å². The van der Waals surface area contributed by atoms with Crippen LogP contribution >= 0.6 is 0 Å². The van der Waals surface area contributed by atoms with E-state index >= 15 is 0 Å². The highest BCUT2D eigenvalue weighted by molar-refractivity contribution is 7.80. The molecular formula is C45H81NO12S. The lowest BCUT2D eigenvalue weighted by molar-refractivity contribution is -0.298. The van der Waals surface area contributed by atoms with E-state index in [9.17, 15) is 38.7 Å². The van der Waals surface area contributed by atoms with Crippen molar-refractivity contribution in [2.45, 2.75) is 217 Å². The summed E-state index contributed by atoms with van der Waals surface area (Å²) in [7, 11) is -5.12. The van der Waals surface area contributed by atoms with Gasteiger partial charge in [-0.2, -0.15) is 8.42 Å². The maximum absolute atomic E-state index is 13.0. The van der Waals surface area contributed by atoms with Gasteiger partial charge in [-0.25, -0.2) is 4.18 Å². The van der Waals surface area contributed by atoms with E-state index in [1.807, 2.05) is 0 Å². The van der Waals surface area contributed by atoms with E-state index in [1.165, 1.54) is 83.1 Å². The lowest BCUT2D eigenvalue weighted by Gasteiger charge is -2.41. The number of unbranched alkanes of at least 4 members (excludes halogenated alkanes) is 18. The monoisotopic (exact) mass is 860 g/mol. The molecule has 1 aliphatic rings. The number of allylic oxidation sites excluding steroid dienone is 7. The molecule has 14 heteroatoms. The van der Waals surface area contributed by atoms with Gasteiger partial charge in [-0.05, 0) is 64.2 Å². The van der Waals surface area contributed by atoms with E-state index in [0.29, 0.717) is 12.8 Å². The van der Waals surface area contributed by atoms with Gasteiger partial charge in [0.05, 0.1) is 25.4 Å². The number of carbonyl (C=O) groups is 1. The van der Waals surface area contributed by atoms with E-state index in [4.69, 9.17) is 14.0 Å². The fourth-order valence-electron chi connectivity index (χ4n) is 6.77. The third kappa shape index (κ3) is 28.3. The van der Waals surface area contributed by atoms with Crippen LogP contribution in [0.3, 0.4) is 0 Å². The first-order chi connectivity index (χ1) is 28.4. The molecule has 0 spiro atoms. The summed E-state index contributed by atoms with van der Waals surface area (Å²) < 4.78 is 47.4. The first kappa shape index (κ1) is 55.0. The summed E-state index contributed by atoms with van der Waals surface area (Å²) in [6.07, 6.45) is 30.7. The molecule has 0 radical (unpaired) electrons. The Kier molecular flexibility index (Phi) is 33.2. The Morgan fingerprint density at radius 2 is 1.15 bits per heavy atom. The molecule has 0 aliphatic carbocycles. The standard InChI is InChI=1S/C45H81NO12S/c1-3-5-7-9-11-13-15-16-17-18-19-20-21-22-23-24-26-27-29-31-33-38(48)37(46-44(52)39(49)34-32-30-28-25-14-12-10-8-6-4-2)36-56-45-42(51)43(58-59(53,54)55)41(50)40(35-47)57-45/h10,12,20-21,24,26,31,33,37-43,45,47-51H,3-9,11,13-19,22-23,25,27-30,32,34-36H2,1-2H3,(H,46,52)(H,53,54,55)/b12-10-,21-20+,26-24+,33-31+. The van der Waals surface area contributed by atoms with Gasteiger partial charge in [-0.15, -0.1) is 0 Å². The Morgan fingerprint density at radius 1 is 0.678 bits per heavy atom. The summed E-state index contributed by atoms with van der Waals surface area (Å²) in [4.78, 5) is 13.0. The number of carbonyl (C=O) groups excluding carboxylic acids is 1. The lowest BCUT2D eigenvalue weighted by atomic mass is 9.99. The van der Waals surface area contributed by atoms with E-state index < -0.39 is 78.5 Å². The number of aliphatic hydroxyl groups is 5. The molecule has 1 rings (SSSR count). The average Bonchev–Trinajstić information content (AvgIpc) is 3.20. The van der Waals surface area contributed by atoms with Crippen molar-refractivity contribution in [2.24, 2.45) is 0 Å². The molecule has 8 unspecified atom stereocenters. The Labute approximate surface area is 356 Å². The second kappa shape index (κ2) is 35.6. The Bertz CT molecular complexity index is 1260. The van der Waals surface area contributed by atoms with Gasteiger partial charge in [-0.3, -0.25) is 9.35 Å². The van der Waals surface area contributed by atoms with Gasteiger partial charge < -0.3 is 40.3 Å². The third-order valence-electron chi connectivity index (χ3n) is 10.4. The van der Waals surface area contributed by atoms with Gasteiger partial charge in [0, 0.05) is 0 Å². The average molecular weight is 860 g/mol. The molecule has 7 N–H and O–H groups in total. The number of amides is 1. The molecule has 59 heavy (non-hydrogen) atoms. The van der Waals surface area contributed by atoms with E-state index in [1.54, 1.807) is 6.08 Å². The molecule has 13 nitrogen and oxygen atoms in total. The topological polar surface area (TPSA) is 212 Å². The molecule has 1 saturated heterocycles. The van der Waals surface area contributed by atoms with Crippen LogP contribution in [0.25, 0.3) is 0 Å². The minimum Gasteiger partial charge on any atom is -0.394 e. The zero-order valence-electron chi connectivity index (χ0n) is 36.2. The van der Waals surface area contributed by atoms with Crippen molar-refractivity contribution in [2.75, 3.05) is 13.2 Å². The van der Waals surface area contributed by atoms with Gasteiger partial charge in [0.25, 0.3) is 0 Å². The summed E-state index contributed by atoms with van der Waals surface area (Å²) in [5.41, 5.74) is 0. The molecule has 1 aliphatic heterocycles. The van der Waals surface area contributed by atoms with Crippen LogP contribution in [0.5, 0.6) is 0 Å². The van der Waals surface area contributed by atoms with Crippen LogP contribution in [0.15, 0.2) is 48.6 Å². The van der Waals surface area contributed by atoms with Gasteiger partial charge in [-0.1, -0.05) is 152 Å². The van der Waals surface area contributed by atoms with Crippen molar-refractivity contribution in [3.05, 3.63) is 48.6 Å². The molecule has 1 fully saturated rings. The van der Waals surface area contributed by atoms with Crippen molar-refractivity contribution >= 4 is 16.3 Å². The zero-order chi connectivity index (χ0) is 43.6. The zero-order valence-corrected chi connectivity index (χ0v) is 37.0. The third-order valence-corrected chi connectivity index (χ3v) is 10.9. The van der Waals surface area contributed by atoms with Gasteiger partial charge in [0.15, 0.2) is 6.29 Å². The van der Waals surface area contributed by atoms with Crippen molar-refractivity contribution in [3.8, 4) is 0 Å². The maximum Gasteiger partial charge on any atom is 0.397 e. The summed E-state index contributed by atoms with van der Waals surface area (Å²) in [5.74, 6) is -0.730. The van der Waals surface area contributed by atoms with Crippen molar-refractivity contribution in [1.29, 1.82) is 0 Å². The lowest BCUT2D eigenvalue weighted by Crippen LogP contribution is -2.61. The maximum atomic E-state index is 13.0. The molecule has 0 saturated carbocycles. The fourth-order valence-corrected chi connectivity index (χ4v) is 7.27. The van der Waals surface area contributed by atoms with E-state index in [0.717, 1.165) is 57.8 Å². The highest BCUT2D eigenvalue weighted by atomic mass is 32.3. The van der Waals surface area contributed by atoms with Crippen LogP contribution in [-0.4, -0.2) is 107 Å². The summed E-state index contributed by atoms with van der Waals surface area (Å²) >= 11 is 0. The summed E-state index contributed by atoms with van der Waals surface area (Å²) in [5, 5.41) is 55.0. The number of aliphatic hydroxyl groups excluding tert-OH is 5. The fraction of sp³-hybridized carbons (Fsp3) is 0.800. The van der Waals surface area contributed by atoms with Gasteiger partial charge >= 0.3 is 10.4 Å². The molecule has 0 aromatic rings. The predicted molar refractivity (Wildman–Crippen MR) is 233 cm³/mol. The van der Waals surface area contributed by atoms with Crippen molar-refractivity contribution < 1.29 is 57.0 Å². The number of rotatable bonds is 37. The molecular weight excluding hydrogens is 779 g/mol. The van der Waals surface area contributed by atoms with E-state index in [2.05, 4.69) is 59.8 Å². The Hall–Kier alpha value is -1.98. The normalized spacial score (nSPS) is 21.9. The smallest absolute Gasteiger partial charge is 0.394 e. The second-order valence-electron chi connectivity index (χ2n) is 15.8. The number of ether oxygens (including phenoxy) is 2. The van der Waals surface area contributed by atoms with Crippen LogP contribution in [0, 0.1) is 0 Å². The number of nitrogens with one attached hydrogen (secondary N) is 1. The van der Waals surface area contributed by atoms with Crippen LogP contribution in [0.1, 0.15) is 168 Å². The highest BCUT2D eigenvalue weighted by Crippen LogP contribution is 2.26. The van der Waals surface area contributed by atoms with E-state index in [-0.39, 0.29) is 6.42 Å². The number of hydrogen-bond acceptors (Lipinski definition) is 11. The molecule has 0 aromatic heterocycles. The largest absolute Gasteiger partial charge is 0.397 e. The Morgan fingerprint density at radius 3 is 1.68 bits per heavy atom. The molecule has 0 bridgehead atoms. The van der Waals surface area contributed by atoms with Gasteiger partial charge in [0.1, 0.15) is 30.5 Å². The predicted octanol–water partition coefficient (Wildman–Crippen LogP) is 7.46. The van der Waals surface area contributed by atoms with Crippen LogP contribution < -0.4 is 5.32 Å². The highest BCUT2D eigenvalue weighted by Gasteiger charge is 2.48. The molecule has 1 heterocycles. The second-order valence-corrected chi connectivity index (χ2v) is 16.8. The Balaban J connectivity index is 2.63.